The lowest BCUT2D eigenvalue weighted by atomic mass is 10.1. The number of nitro groups is 2. The lowest BCUT2D eigenvalue weighted by molar-refractivity contribution is -0.394. The lowest BCUT2D eigenvalue weighted by Crippen LogP contribution is -2.44. The van der Waals surface area contributed by atoms with E-state index in [4.69, 9.17) is 4.74 Å². The van der Waals surface area contributed by atoms with Crippen LogP contribution in [0, 0.1) is 20.2 Å². The summed E-state index contributed by atoms with van der Waals surface area (Å²) in [5.74, 6) is -0.445. The van der Waals surface area contributed by atoms with Gasteiger partial charge in [-0.05, 0) is 44.1 Å². The van der Waals surface area contributed by atoms with Gasteiger partial charge in [0.05, 0.1) is 27.2 Å². The highest BCUT2D eigenvalue weighted by Crippen LogP contribution is 2.35. The monoisotopic (exact) mass is 469 g/mol. The number of non-ortho nitro benzene ring substituents is 2. The number of anilines is 2. The summed E-state index contributed by atoms with van der Waals surface area (Å²) in [5.41, 5.74) is -0.525. The van der Waals surface area contributed by atoms with Gasteiger partial charge in [0, 0.05) is 30.9 Å². The van der Waals surface area contributed by atoms with Crippen molar-refractivity contribution in [3.63, 3.8) is 0 Å². The van der Waals surface area contributed by atoms with Crippen molar-refractivity contribution < 1.29 is 24.2 Å². The highest BCUT2D eigenvalue weighted by atomic mass is 16.6. The highest BCUT2D eigenvalue weighted by Gasteiger charge is 2.27. The fraction of sp³-hybridized carbons (Fsp3) is 0.364. The lowest BCUT2D eigenvalue weighted by Gasteiger charge is -2.33. The number of hydrogen-bond acceptors (Lipinski definition) is 8. The molecule has 1 fully saturated rings. The van der Waals surface area contributed by atoms with E-state index < -0.39 is 27.1 Å². The van der Waals surface area contributed by atoms with Crippen LogP contribution in [0.25, 0.3) is 0 Å². The summed E-state index contributed by atoms with van der Waals surface area (Å²) >= 11 is 0. The molecule has 2 aliphatic heterocycles. The predicted molar refractivity (Wildman–Crippen MR) is 122 cm³/mol. The average molecular weight is 469 g/mol. The number of likely N-dealkylation sites (tertiary alicyclic amines) is 1. The van der Waals surface area contributed by atoms with Crippen LogP contribution in [0.4, 0.5) is 22.7 Å². The quantitative estimate of drug-likeness (QED) is 0.481. The second kappa shape index (κ2) is 9.83. The van der Waals surface area contributed by atoms with Gasteiger partial charge in [-0.15, -0.1) is 0 Å². The molecule has 0 radical (unpaired) electrons. The first kappa shape index (κ1) is 23.1. The number of piperidine rings is 1. The average Bonchev–Trinajstić information content (AvgIpc) is 2.83. The second-order valence-electron chi connectivity index (χ2n) is 8.13. The molecule has 0 atom stereocenters. The molecule has 2 aliphatic rings. The molecule has 2 amide bonds. The van der Waals surface area contributed by atoms with Gasteiger partial charge < -0.3 is 19.9 Å². The molecule has 178 valence electrons. The Morgan fingerprint density at radius 1 is 0.971 bits per heavy atom. The summed E-state index contributed by atoms with van der Waals surface area (Å²) < 4.78 is 5.52. The van der Waals surface area contributed by atoms with E-state index in [0.29, 0.717) is 23.7 Å². The second-order valence-corrected chi connectivity index (χ2v) is 8.13. The van der Waals surface area contributed by atoms with Crippen molar-refractivity contribution in [1.82, 2.24) is 4.90 Å². The van der Waals surface area contributed by atoms with Crippen molar-refractivity contribution in [1.29, 1.82) is 0 Å². The molecular formula is C22H23N5O7. The van der Waals surface area contributed by atoms with Crippen LogP contribution in [-0.2, 0) is 4.79 Å². The number of ether oxygens (including phenoxy) is 1. The topological polar surface area (TPSA) is 148 Å². The van der Waals surface area contributed by atoms with Gasteiger partial charge in [0.15, 0.2) is 6.61 Å². The van der Waals surface area contributed by atoms with Crippen LogP contribution in [0.5, 0.6) is 5.75 Å². The molecule has 1 N–H and O–H groups in total. The molecule has 34 heavy (non-hydrogen) atoms. The van der Waals surface area contributed by atoms with Gasteiger partial charge in [0.2, 0.25) is 0 Å². The van der Waals surface area contributed by atoms with E-state index in [0.717, 1.165) is 50.7 Å². The number of benzene rings is 2. The summed E-state index contributed by atoms with van der Waals surface area (Å²) in [7, 11) is 0. The molecule has 12 nitrogen and oxygen atoms in total. The minimum Gasteiger partial charge on any atom is -0.482 e. The number of hydrogen-bond donors (Lipinski definition) is 1. The molecule has 0 aromatic heterocycles. The fourth-order valence-electron chi connectivity index (χ4n) is 4.09. The smallest absolute Gasteiger partial charge is 0.277 e. The molecule has 12 heteroatoms. The SMILES string of the molecule is O=C(Nc1ccc2c(c1)N(CCN1CCCCC1)C(=O)CO2)c1cc([N+](=O)[O-])cc([N+](=O)[O-])c1. The third-order valence-electron chi connectivity index (χ3n) is 5.83. The van der Waals surface area contributed by atoms with Crippen molar-refractivity contribution >= 4 is 34.6 Å². The van der Waals surface area contributed by atoms with Crippen LogP contribution in [0.15, 0.2) is 36.4 Å². The van der Waals surface area contributed by atoms with Gasteiger partial charge in [-0.3, -0.25) is 29.8 Å². The van der Waals surface area contributed by atoms with Crippen molar-refractivity contribution in [3.8, 4) is 5.75 Å². The maximum atomic E-state index is 12.7. The largest absolute Gasteiger partial charge is 0.482 e. The molecule has 0 bridgehead atoms. The summed E-state index contributed by atoms with van der Waals surface area (Å²) in [6.07, 6.45) is 3.49. The molecule has 0 saturated carbocycles. The summed E-state index contributed by atoms with van der Waals surface area (Å²) in [6, 6.07) is 7.52. The third-order valence-corrected chi connectivity index (χ3v) is 5.83. The molecule has 1 saturated heterocycles. The third kappa shape index (κ3) is 5.12. The maximum Gasteiger partial charge on any atom is 0.277 e. The minimum atomic E-state index is -0.800. The molecule has 2 heterocycles. The van der Waals surface area contributed by atoms with Gasteiger partial charge in [-0.2, -0.15) is 0 Å². The summed E-state index contributed by atoms with van der Waals surface area (Å²) in [5, 5.41) is 24.8. The first-order chi connectivity index (χ1) is 16.3. The van der Waals surface area contributed by atoms with Gasteiger partial charge in [-0.1, -0.05) is 6.42 Å². The van der Waals surface area contributed by atoms with Crippen LogP contribution in [0.1, 0.15) is 29.6 Å². The maximum absolute atomic E-state index is 12.7. The normalized spacial score (nSPS) is 15.9. The zero-order valence-electron chi connectivity index (χ0n) is 18.3. The number of amides is 2. The number of nitrogens with one attached hydrogen (secondary N) is 1. The Hall–Kier alpha value is -4.06. The minimum absolute atomic E-state index is 0.0734. The van der Waals surface area contributed by atoms with Gasteiger partial charge in [0.1, 0.15) is 5.75 Å². The first-order valence-corrected chi connectivity index (χ1v) is 10.9. The van der Waals surface area contributed by atoms with Gasteiger partial charge in [-0.25, -0.2) is 0 Å². The number of nitrogens with zero attached hydrogens (tertiary/aromatic N) is 4. The molecule has 0 aliphatic carbocycles. The zero-order valence-corrected chi connectivity index (χ0v) is 18.3. The number of carbonyl (C=O) groups is 2. The Kier molecular flexibility index (Phi) is 6.68. The summed E-state index contributed by atoms with van der Waals surface area (Å²) in [6.45, 7) is 3.12. The van der Waals surface area contributed by atoms with Crippen LogP contribution in [0.2, 0.25) is 0 Å². The molecule has 4 rings (SSSR count). The Labute approximate surface area is 194 Å². The molecule has 2 aromatic carbocycles. The van der Waals surface area contributed by atoms with E-state index in [9.17, 15) is 29.8 Å². The van der Waals surface area contributed by atoms with Crippen molar-refractivity contribution in [2.75, 3.05) is 43.0 Å². The Bertz CT molecular complexity index is 1110. The number of carbonyl (C=O) groups excluding carboxylic acids is 2. The van der Waals surface area contributed by atoms with Gasteiger partial charge >= 0.3 is 0 Å². The molecule has 0 unspecified atom stereocenters. The van der Waals surface area contributed by atoms with Gasteiger partial charge in [0.25, 0.3) is 23.2 Å². The first-order valence-electron chi connectivity index (χ1n) is 10.9. The standard InChI is InChI=1S/C22H23N5O7/c28-21-14-34-20-5-4-16(12-19(20)25(21)9-8-24-6-2-1-3-7-24)23-22(29)15-10-17(26(30)31)13-18(11-15)27(32)33/h4-5,10-13H,1-3,6-9,14H2,(H,23,29). The Morgan fingerprint density at radius 2 is 1.65 bits per heavy atom. The van der Waals surface area contributed by atoms with Crippen LogP contribution in [0.3, 0.4) is 0 Å². The van der Waals surface area contributed by atoms with Crippen LogP contribution >= 0.6 is 0 Å². The fourth-order valence-corrected chi connectivity index (χ4v) is 4.09. The Balaban J connectivity index is 1.54. The van der Waals surface area contributed by atoms with E-state index in [1.165, 1.54) is 6.42 Å². The van der Waals surface area contributed by atoms with Crippen molar-refractivity contribution in [2.45, 2.75) is 19.3 Å². The van der Waals surface area contributed by atoms with Crippen LogP contribution < -0.4 is 15.0 Å². The van der Waals surface area contributed by atoms with E-state index in [1.807, 2.05) is 0 Å². The molecule has 0 spiro atoms. The summed E-state index contributed by atoms with van der Waals surface area (Å²) in [4.78, 5) is 49.8. The number of rotatable bonds is 7. The number of fused-ring (bicyclic) bond motifs is 1. The van der Waals surface area contributed by atoms with E-state index in [-0.39, 0.29) is 18.1 Å². The van der Waals surface area contributed by atoms with Crippen molar-refractivity contribution in [3.05, 3.63) is 62.2 Å². The number of nitro benzene ring substituents is 2. The van der Waals surface area contributed by atoms with Crippen LogP contribution in [-0.4, -0.2) is 59.3 Å². The highest BCUT2D eigenvalue weighted by molar-refractivity contribution is 6.06. The Morgan fingerprint density at radius 3 is 2.29 bits per heavy atom. The molecule has 2 aromatic rings. The van der Waals surface area contributed by atoms with Crippen molar-refractivity contribution in [2.24, 2.45) is 0 Å². The zero-order chi connectivity index (χ0) is 24.2. The van der Waals surface area contributed by atoms with E-state index in [1.54, 1.807) is 23.1 Å². The predicted octanol–water partition coefficient (Wildman–Crippen LogP) is 2.97. The van der Waals surface area contributed by atoms with E-state index in [2.05, 4.69) is 10.2 Å². The van der Waals surface area contributed by atoms with E-state index >= 15 is 0 Å². The molecular weight excluding hydrogens is 446 g/mol.